The molecule has 0 bridgehead atoms. The topological polar surface area (TPSA) is 141 Å². The predicted octanol–water partition coefficient (Wildman–Crippen LogP) is 4.77. The van der Waals surface area contributed by atoms with Crippen molar-refractivity contribution in [1.29, 1.82) is 0 Å². The number of carbonyl (C=O) groups is 1. The van der Waals surface area contributed by atoms with Crippen LogP contribution in [0.25, 0.3) is 22.7 Å². The number of nitrogens with two attached hydrogens (primary N) is 1. The summed E-state index contributed by atoms with van der Waals surface area (Å²) in [6, 6.07) is 20.7. The van der Waals surface area contributed by atoms with Crippen LogP contribution in [-0.2, 0) is 11.2 Å². The number of fused-ring (bicyclic) bond motifs is 1. The number of para-hydroxylation sites is 1. The number of anilines is 3. The molecule has 0 fully saturated rings. The molecule has 5 aromatic rings. The summed E-state index contributed by atoms with van der Waals surface area (Å²) in [5.41, 5.74) is 10.3. The molecule has 212 valence electrons. The second kappa shape index (κ2) is 12.4. The summed E-state index contributed by atoms with van der Waals surface area (Å²) in [6.45, 7) is 6.11. The maximum atomic E-state index is 13.6. The Labute approximate surface area is 243 Å². The highest BCUT2D eigenvalue weighted by molar-refractivity contribution is 6.01. The van der Waals surface area contributed by atoms with Gasteiger partial charge in [-0.05, 0) is 69.2 Å². The molecule has 0 aliphatic rings. The van der Waals surface area contributed by atoms with Gasteiger partial charge in [-0.3, -0.25) is 14.2 Å². The van der Waals surface area contributed by atoms with Gasteiger partial charge < -0.3 is 16.4 Å². The van der Waals surface area contributed by atoms with Crippen molar-refractivity contribution in [3.63, 3.8) is 0 Å². The lowest BCUT2D eigenvalue weighted by Gasteiger charge is -2.15. The van der Waals surface area contributed by atoms with Crippen LogP contribution in [0.2, 0.25) is 0 Å². The summed E-state index contributed by atoms with van der Waals surface area (Å²) >= 11 is 0. The quantitative estimate of drug-likeness (QED) is 0.173. The van der Waals surface area contributed by atoms with Crippen molar-refractivity contribution in [2.24, 2.45) is 0 Å². The third-order valence-electron chi connectivity index (χ3n) is 6.75. The lowest BCUT2D eigenvalue weighted by molar-refractivity contribution is -0.111. The number of hydrogen-bond acceptors (Lipinski definition) is 8. The van der Waals surface area contributed by atoms with E-state index < -0.39 is 0 Å². The number of pyridine rings is 1. The molecular weight excluding hydrogens is 528 g/mol. The van der Waals surface area contributed by atoms with E-state index in [0.29, 0.717) is 59.0 Å². The fraction of sp³-hybridized carbons (Fsp3) is 0.188. The summed E-state index contributed by atoms with van der Waals surface area (Å²) in [4.78, 5) is 44.0. The first kappa shape index (κ1) is 28.2. The van der Waals surface area contributed by atoms with E-state index in [2.05, 4.69) is 25.6 Å². The van der Waals surface area contributed by atoms with Crippen LogP contribution in [0.1, 0.15) is 34.8 Å². The van der Waals surface area contributed by atoms with E-state index in [-0.39, 0.29) is 17.4 Å². The van der Waals surface area contributed by atoms with Crippen LogP contribution in [0.5, 0.6) is 0 Å². The summed E-state index contributed by atoms with van der Waals surface area (Å²) in [7, 11) is 0. The van der Waals surface area contributed by atoms with Crippen molar-refractivity contribution in [3.8, 4) is 5.69 Å². The first-order valence-electron chi connectivity index (χ1n) is 13.7. The lowest BCUT2D eigenvalue weighted by atomic mass is 10.1. The number of aryl methyl sites for hydroxylation is 4. The van der Waals surface area contributed by atoms with Gasteiger partial charge in [0.2, 0.25) is 11.9 Å². The van der Waals surface area contributed by atoms with E-state index in [1.54, 1.807) is 16.7 Å². The second-order valence-electron chi connectivity index (χ2n) is 9.92. The molecule has 0 saturated carbocycles. The monoisotopic (exact) mass is 560 g/mol. The molecule has 2 aromatic carbocycles. The average molecular weight is 561 g/mol. The van der Waals surface area contributed by atoms with Crippen LogP contribution in [-0.4, -0.2) is 37.0 Å². The van der Waals surface area contributed by atoms with E-state index in [1.165, 1.54) is 6.08 Å². The molecule has 0 saturated heterocycles. The Hall–Kier alpha value is -5.38. The molecule has 0 unspecified atom stereocenters. The number of carbonyl (C=O) groups excluding carboxylic acids is 1. The van der Waals surface area contributed by atoms with E-state index in [0.717, 1.165) is 16.9 Å². The van der Waals surface area contributed by atoms with Crippen LogP contribution in [0.3, 0.4) is 0 Å². The fourth-order valence-corrected chi connectivity index (χ4v) is 4.78. The summed E-state index contributed by atoms with van der Waals surface area (Å²) in [5, 5.41) is 6.70. The van der Waals surface area contributed by atoms with Gasteiger partial charge in [-0.1, -0.05) is 36.4 Å². The zero-order valence-corrected chi connectivity index (χ0v) is 23.8. The first-order valence-corrected chi connectivity index (χ1v) is 13.7. The van der Waals surface area contributed by atoms with Crippen LogP contribution >= 0.6 is 0 Å². The smallest absolute Gasteiger partial charge is 0.266 e. The molecule has 42 heavy (non-hydrogen) atoms. The van der Waals surface area contributed by atoms with Crippen LogP contribution in [0, 0.1) is 20.8 Å². The summed E-state index contributed by atoms with van der Waals surface area (Å²) in [6.07, 6.45) is 4.26. The summed E-state index contributed by atoms with van der Waals surface area (Å²) in [5.74, 6) is 1.46. The second-order valence-corrected chi connectivity index (χ2v) is 9.92. The predicted molar refractivity (Wildman–Crippen MR) is 167 cm³/mol. The molecule has 4 N–H and O–H groups in total. The Morgan fingerprint density at radius 3 is 2.50 bits per heavy atom. The molecule has 3 aromatic heterocycles. The molecule has 0 atom stereocenters. The van der Waals surface area contributed by atoms with Crippen molar-refractivity contribution in [1.82, 2.24) is 24.5 Å². The van der Waals surface area contributed by atoms with Crippen LogP contribution in [0.15, 0.2) is 77.6 Å². The number of aromatic nitrogens is 5. The highest BCUT2D eigenvalue weighted by Gasteiger charge is 2.15. The van der Waals surface area contributed by atoms with E-state index in [9.17, 15) is 9.59 Å². The average Bonchev–Trinajstić information content (AvgIpc) is 2.95. The van der Waals surface area contributed by atoms with Crippen LogP contribution in [0.4, 0.5) is 17.6 Å². The highest BCUT2D eigenvalue weighted by Crippen LogP contribution is 2.20. The Morgan fingerprint density at radius 1 is 0.929 bits per heavy atom. The van der Waals surface area contributed by atoms with Crippen molar-refractivity contribution in [3.05, 3.63) is 111 Å². The number of benzene rings is 2. The minimum atomic E-state index is -0.327. The molecule has 1 amide bonds. The molecule has 10 heteroatoms. The Morgan fingerprint density at radius 2 is 1.71 bits per heavy atom. The normalized spacial score (nSPS) is 11.2. The zero-order chi connectivity index (χ0) is 29.6. The number of nitrogens with one attached hydrogen (secondary N) is 2. The fourth-order valence-electron chi connectivity index (χ4n) is 4.78. The van der Waals surface area contributed by atoms with Crippen molar-refractivity contribution in [2.45, 2.75) is 33.6 Å². The van der Waals surface area contributed by atoms with Gasteiger partial charge in [-0.25, -0.2) is 15.0 Å². The van der Waals surface area contributed by atoms with E-state index in [1.807, 2.05) is 81.4 Å². The molecule has 0 spiro atoms. The van der Waals surface area contributed by atoms with Crippen molar-refractivity contribution >= 4 is 40.5 Å². The van der Waals surface area contributed by atoms with E-state index in [4.69, 9.17) is 10.7 Å². The summed E-state index contributed by atoms with van der Waals surface area (Å²) < 4.78 is 1.69. The van der Waals surface area contributed by atoms with Gasteiger partial charge in [0.25, 0.3) is 5.56 Å². The minimum absolute atomic E-state index is 0.0852. The molecule has 0 aliphatic carbocycles. The van der Waals surface area contributed by atoms with Gasteiger partial charge in [0, 0.05) is 30.3 Å². The minimum Gasteiger partial charge on any atom is -0.369 e. The Kier molecular flexibility index (Phi) is 8.33. The van der Waals surface area contributed by atoms with Crippen molar-refractivity contribution < 1.29 is 4.79 Å². The molecule has 5 rings (SSSR count). The Bertz CT molecular complexity index is 1850. The maximum Gasteiger partial charge on any atom is 0.266 e. The third kappa shape index (κ3) is 6.33. The lowest BCUT2D eigenvalue weighted by Crippen LogP contribution is -2.25. The third-order valence-corrected chi connectivity index (χ3v) is 6.75. The number of hydrogen-bond donors (Lipinski definition) is 3. The SMILES string of the molecule is Cc1cccc(NC(=O)/C=C/c2c(C)nc(N)nc2NCCCc2nc3cccc(C)c3c(=O)n2-c2ccccc2)n1. The number of amides is 1. The van der Waals surface area contributed by atoms with Crippen LogP contribution < -0.4 is 21.9 Å². The standard InChI is InChI=1S/C32H32N8O2/c1-20-10-7-14-25-29(20)31(42)40(23-12-5-4-6-13-23)27(37-25)16-9-19-34-30-24(22(3)36-32(33)39-30)17-18-28(41)38-26-15-8-11-21(2)35-26/h4-8,10-15,17-18H,9,16,19H2,1-3H3,(H,35,38,41)(H3,33,34,36,39)/b18-17+. The van der Waals surface area contributed by atoms with Gasteiger partial charge in [-0.2, -0.15) is 4.98 Å². The molecule has 0 aliphatic heterocycles. The zero-order valence-electron chi connectivity index (χ0n) is 23.8. The first-order chi connectivity index (χ1) is 20.3. The Balaban J connectivity index is 1.34. The molecular formula is C32H32N8O2. The van der Waals surface area contributed by atoms with Gasteiger partial charge in [-0.15, -0.1) is 0 Å². The van der Waals surface area contributed by atoms with E-state index >= 15 is 0 Å². The van der Waals surface area contributed by atoms with Gasteiger partial charge >= 0.3 is 0 Å². The molecule has 0 radical (unpaired) electrons. The van der Waals surface area contributed by atoms with Crippen molar-refractivity contribution in [2.75, 3.05) is 22.9 Å². The molecule has 3 heterocycles. The number of nitrogen functional groups attached to an aromatic ring is 1. The maximum absolute atomic E-state index is 13.6. The largest absolute Gasteiger partial charge is 0.369 e. The molecule has 10 nitrogen and oxygen atoms in total. The highest BCUT2D eigenvalue weighted by atomic mass is 16.1. The van der Waals surface area contributed by atoms with Gasteiger partial charge in [0.15, 0.2) is 0 Å². The number of rotatable bonds is 9. The van der Waals surface area contributed by atoms with Gasteiger partial charge in [0.1, 0.15) is 17.5 Å². The number of nitrogens with zero attached hydrogens (tertiary/aromatic N) is 5. The van der Waals surface area contributed by atoms with Gasteiger partial charge in [0.05, 0.1) is 22.3 Å².